The van der Waals surface area contributed by atoms with E-state index in [-0.39, 0.29) is 23.0 Å². The van der Waals surface area contributed by atoms with E-state index in [1.54, 1.807) is 10.5 Å². The molecule has 2 fully saturated rings. The summed E-state index contributed by atoms with van der Waals surface area (Å²) in [6, 6.07) is 13.3. The van der Waals surface area contributed by atoms with E-state index in [0.29, 0.717) is 44.5 Å². The molecule has 31 heavy (non-hydrogen) atoms. The second-order valence-electron chi connectivity index (χ2n) is 8.50. The van der Waals surface area contributed by atoms with E-state index in [2.05, 4.69) is 17.4 Å². The van der Waals surface area contributed by atoms with Crippen LogP contribution in [0.3, 0.4) is 0 Å². The molecule has 3 aromatic rings. The first-order valence-corrected chi connectivity index (χ1v) is 10.8. The number of carbonyl (C=O) groups is 2. The van der Waals surface area contributed by atoms with Crippen molar-refractivity contribution in [2.45, 2.75) is 31.1 Å². The number of amides is 2. The molecule has 1 unspecified atom stereocenters. The zero-order valence-electron chi connectivity index (χ0n) is 17.3. The fraction of sp³-hybridized carbons (Fsp3) is 0.375. The van der Waals surface area contributed by atoms with Gasteiger partial charge in [0.1, 0.15) is 17.4 Å². The van der Waals surface area contributed by atoms with Crippen LogP contribution in [0.1, 0.15) is 36.9 Å². The smallest absolute Gasteiger partial charge is 0.235 e. The number of carbonyl (C=O) groups excluding carboxylic acids is 2. The summed E-state index contributed by atoms with van der Waals surface area (Å²) < 4.78 is 15.5. The molecular weight excluding hydrogens is 395 g/mol. The van der Waals surface area contributed by atoms with Gasteiger partial charge in [-0.15, -0.1) is 0 Å². The maximum atomic E-state index is 13.7. The van der Waals surface area contributed by atoms with Gasteiger partial charge in [-0.1, -0.05) is 30.3 Å². The van der Waals surface area contributed by atoms with Crippen LogP contribution < -0.4 is 5.32 Å². The van der Waals surface area contributed by atoms with E-state index in [4.69, 9.17) is 4.98 Å². The van der Waals surface area contributed by atoms with Gasteiger partial charge in [-0.25, -0.2) is 9.37 Å². The third-order valence-corrected chi connectivity index (χ3v) is 6.74. The van der Waals surface area contributed by atoms with Crippen molar-refractivity contribution in [3.63, 3.8) is 0 Å². The lowest BCUT2D eigenvalue weighted by Crippen LogP contribution is -2.51. The van der Waals surface area contributed by atoms with Crippen LogP contribution >= 0.6 is 0 Å². The number of halogens is 1. The number of piperidine rings is 2. The highest BCUT2D eigenvalue weighted by Crippen LogP contribution is 2.41. The number of benzene rings is 1. The number of hydrogen-bond acceptors (Lipinski definition) is 3. The minimum Gasteiger partial charge on any atom is -0.355 e. The van der Waals surface area contributed by atoms with Crippen molar-refractivity contribution >= 4 is 17.5 Å². The Morgan fingerprint density at radius 3 is 2.61 bits per heavy atom. The molecular formula is C24H25FN4O2. The van der Waals surface area contributed by atoms with Gasteiger partial charge in [0.25, 0.3) is 0 Å². The maximum Gasteiger partial charge on any atom is 0.235 e. The predicted molar refractivity (Wildman–Crippen MR) is 114 cm³/mol. The first kappa shape index (κ1) is 19.7. The standard InChI is InChI=1S/C24H25FN4O2/c25-18-8-9-21-27-20(16-29(21)15-18)24(17-5-2-1-3-6-17)10-13-28(14-11-24)23(31)19-7-4-12-26-22(19)30/h1-3,5-6,8-9,15-16,19H,4,7,10-14H2,(H,26,30). The molecule has 0 radical (unpaired) electrons. The van der Waals surface area contributed by atoms with Crippen molar-refractivity contribution in [1.29, 1.82) is 0 Å². The average molecular weight is 420 g/mol. The van der Waals surface area contributed by atoms with E-state index < -0.39 is 5.92 Å². The normalized spacial score (nSPS) is 21.1. The largest absolute Gasteiger partial charge is 0.355 e. The van der Waals surface area contributed by atoms with Crippen LogP contribution in [0.15, 0.2) is 54.9 Å². The highest BCUT2D eigenvalue weighted by molar-refractivity contribution is 6.00. The molecule has 2 saturated heterocycles. The monoisotopic (exact) mass is 420 g/mol. The minimum absolute atomic E-state index is 0.0732. The molecule has 2 aliphatic heterocycles. The number of imidazole rings is 1. The molecule has 2 amide bonds. The number of pyridine rings is 1. The lowest BCUT2D eigenvalue weighted by Gasteiger charge is -2.42. The van der Waals surface area contributed by atoms with Crippen molar-refractivity contribution < 1.29 is 14.0 Å². The summed E-state index contributed by atoms with van der Waals surface area (Å²) in [5.41, 5.74) is 2.35. The Labute approximate surface area is 180 Å². The second-order valence-corrected chi connectivity index (χ2v) is 8.50. The summed E-state index contributed by atoms with van der Waals surface area (Å²) in [4.78, 5) is 31.9. The Morgan fingerprint density at radius 1 is 1.10 bits per heavy atom. The zero-order valence-corrected chi connectivity index (χ0v) is 17.3. The van der Waals surface area contributed by atoms with Crippen LogP contribution in [0.4, 0.5) is 4.39 Å². The Morgan fingerprint density at radius 2 is 1.87 bits per heavy atom. The van der Waals surface area contributed by atoms with Crippen LogP contribution in [0.25, 0.3) is 5.65 Å². The van der Waals surface area contributed by atoms with Gasteiger partial charge in [-0.3, -0.25) is 9.59 Å². The molecule has 5 rings (SSSR count). The molecule has 6 nitrogen and oxygen atoms in total. The number of likely N-dealkylation sites (tertiary alicyclic amines) is 1. The van der Waals surface area contributed by atoms with Crippen LogP contribution in [-0.2, 0) is 15.0 Å². The van der Waals surface area contributed by atoms with Crippen LogP contribution in [0, 0.1) is 11.7 Å². The summed E-state index contributed by atoms with van der Waals surface area (Å²) in [5.74, 6) is -1.11. The number of aromatic nitrogens is 2. The van der Waals surface area contributed by atoms with E-state index in [9.17, 15) is 14.0 Å². The fourth-order valence-electron chi connectivity index (χ4n) is 4.98. The molecule has 2 aliphatic rings. The van der Waals surface area contributed by atoms with Crippen molar-refractivity contribution in [3.05, 3.63) is 71.9 Å². The van der Waals surface area contributed by atoms with Crippen LogP contribution in [0.2, 0.25) is 0 Å². The van der Waals surface area contributed by atoms with Crippen LogP contribution in [-0.4, -0.2) is 45.7 Å². The summed E-state index contributed by atoms with van der Waals surface area (Å²) in [7, 11) is 0. The molecule has 4 heterocycles. The Hall–Kier alpha value is -3.22. The van der Waals surface area contributed by atoms with Gasteiger partial charge in [0.2, 0.25) is 11.8 Å². The summed E-state index contributed by atoms with van der Waals surface area (Å²) >= 11 is 0. The molecule has 0 aliphatic carbocycles. The van der Waals surface area contributed by atoms with Gasteiger partial charge in [-0.2, -0.15) is 0 Å². The topological polar surface area (TPSA) is 66.7 Å². The van der Waals surface area contributed by atoms with Gasteiger partial charge in [-0.05, 0) is 43.4 Å². The van der Waals surface area contributed by atoms with Crippen molar-refractivity contribution in [3.8, 4) is 0 Å². The molecule has 1 atom stereocenters. The molecule has 160 valence electrons. The van der Waals surface area contributed by atoms with E-state index in [1.807, 2.05) is 29.3 Å². The van der Waals surface area contributed by atoms with Gasteiger partial charge >= 0.3 is 0 Å². The fourth-order valence-corrected chi connectivity index (χ4v) is 4.98. The lowest BCUT2D eigenvalue weighted by molar-refractivity contribution is -0.144. The summed E-state index contributed by atoms with van der Waals surface area (Å²) in [5, 5.41) is 2.81. The first-order chi connectivity index (χ1) is 15.1. The van der Waals surface area contributed by atoms with Gasteiger partial charge in [0.05, 0.1) is 5.69 Å². The SMILES string of the molecule is O=C1NCCCC1C(=O)N1CCC(c2ccccc2)(c2cn3cc(F)ccc3n2)CC1. The maximum absolute atomic E-state index is 13.7. The van der Waals surface area contributed by atoms with Crippen LogP contribution in [0.5, 0.6) is 0 Å². The third-order valence-electron chi connectivity index (χ3n) is 6.74. The molecule has 0 saturated carbocycles. The van der Waals surface area contributed by atoms with Gasteiger partial charge < -0.3 is 14.6 Å². The average Bonchev–Trinajstić information content (AvgIpc) is 3.23. The molecule has 0 bridgehead atoms. The third kappa shape index (κ3) is 3.48. The molecule has 1 N–H and O–H groups in total. The van der Waals surface area contributed by atoms with E-state index >= 15 is 0 Å². The highest BCUT2D eigenvalue weighted by atomic mass is 19.1. The second kappa shape index (κ2) is 7.80. The quantitative estimate of drug-likeness (QED) is 0.663. The minimum atomic E-state index is -0.573. The molecule has 2 aromatic heterocycles. The van der Waals surface area contributed by atoms with E-state index in [1.165, 1.54) is 12.3 Å². The summed E-state index contributed by atoms with van der Waals surface area (Å²) in [6.45, 7) is 1.76. The molecule has 0 spiro atoms. The van der Waals surface area contributed by atoms with E-state index in [0.717, 1.165) is 17.7 Å². The predicted octanol–water partition coefficient (Wildman–Crippen LogP) is 2.91. The first-order valence-electron chi connectivity index (χ1n) is 10.8. The number of nitrogens with one attached hydrogen (secondary N) is 1. The highest BCUT2D eigenvalue weighted by Gasteiger charge is 2.42. The van der Waals surface area contributed by atoms with Gasteiger partial charge in [0.15, 0.2) is 0 Å². The molecule has 7 heteroatoms. The van der Waals surface area contributed by atoms with Gasteiger partial charge in [0, 0.05) is 37.4 Å². The number of fused-ring (bicyclic) bond motifs is 1. The Balaban J connectivity index is 1.46. The number of nitrogens with zero attached hydrogens (tertiary/aromatic N) is 3. The number of hydrogen-bond donors (Lipinski definition) is 1. The Kier molecular flexibility index (Phi) is 4.96. The zero-order chi connectivity index (χ0) is 21.4. The Bertz CT molecular complexity index is 1120. The van der Waals surface area contributed by atoms with Crippen molar-refractivity contribution in [2.24, 2.45) is 5.92 Å². The number of rotatable bonds is 3. The van der Waals surface area contributed by atoms with Crippen molar-refractivity contribution in [2.75, 3.05) is 19.6 Å². The summed E-state index contributed by atoms with van der Waals surface area (Å²) in [6.07, 6.45) is 6.18. The lowest BCUT2D eigenvalue weighted by atomic mass is 9.70. The van der Waals surface area contributed by atoms with Crippen molar-refractivity contribution in [1.82, 2.24) is 19.6 Å². The molecule has 1 aromatic carbocycles.